The van der Waals surface area contributed by atoms with E-state index in [-0.39, 0.29) is 0 Å². The van der Waals surface area contributed by atoms with Crippen molar-refractivity contribution in [2.24, 2.45) is 0 Å². The molecule has 0 saturated carbocycles. The van der Waals surface area contributed by atoms with Crippen LogP contribution in [0.3, 0.4) is 0 Å². The van der Waals surface area contributed by atoms with Crippen molar-refractivity contribution in [2.45, 2.75) is 40.4 Å². The van der Waals surface area contributed by atoms with Gasteiger partial charge < -0.3 is 19.6 Å². The van der Waals surface area contributed by atoms with Crippen molar-refractivity contribution in [1.29, 1.82) is 0 Å². The first-order valence-electron chi connectivity index (χ1n) is 36.5. The Morgan fingerprint density at radius 2 is 0.437 bits per heavy atom. The maximum atomic E-state index is 2.49. The van der Waals surface area contributed by atoms with Gasteiger partial charge >= 0.3 is 0 Å². The molecule has 18 rings (SSSR count). The van der Waals surface area contributed by atoms with Gasteiger partial charge in [-0.1, -0.05) is 273 Å². The van der Waals surface area contributed by atoms with Crippen LogP contribution in [0.25, 0.3) is 133 Å². The number of hydrogen-bond acceptors (Lipinski definition) is 4. The number of benzene rings is 18. The molecule has 0 amide bonds. The molecule has 0 spiro atoms. The van der Waals surface area contributed by atoms with Crippen molar-refractivity contribution in [3.63, 3.8) is 0 Å². The smallest absolute Gasteiger partial charge is 0.0462 e. The van der Waals surface area contributed by atoms with Gasteiger partial charge in [0, 0.05) is 73.4 Å². The van der Waals surface area contributed by atoms with Crippen LogP contribution in [0.15, 0.2) is 309 Å². The fourth-order valence-electron chi connectivity index (χ4n) is 16.3. The highest BCUT2D eigenvalue weighted by atomic mass is 15.1. The molecule has 4 heteroatoms. The molecule has 18 aromatic rings. The minimum absolute atomic E-state index is 0.826. The van der Waals surface area contributed by atoms with Gasteiger partial charge in [-0.25, -0.2) is 0 Å². The summed E-state index contributed by atoms with van der Waals surface area (Å²) in [7, 11) is 0. The third-order valence-corrected chi connectivity index (χ3v) is 21.7. The second-order valence-corrected chi connectivity index (χ2v) is 27.7. The lowest BCUT2D eigenvalue weighted by Crippen LogP contribution is -2.22. The molecule has 0 bridgehead atoms. The Hall–Kier alpha value is -12.5. The van der Waals surface area contributed by atoms with Gasteiger partial charge in [0.1, 0.15) is 0 Å². The highest BCUT2D eigenvalue weighted by molar-refractivity contribution is 6.26. The van der Waals surface area contributed by atoms with Crippen molar-refractivity contribution in [3.05, 3.63) is 359 Å². The van der Waals surface area contributed by atoms with E-state index in [9.17, 15) is 0 Å². The number of anilines is 6. The third kappa shape index (κ3) is 11.9. The highest BCUT2D eigenvalue weighted by Crippen LogP contribution is 2.42. The molecule has 0 unspecified atom stereocenters. The Bertz CT molecular complexity index is 5580. The summed E-state index contributed by atoms with van der Waals surface area (Å²) in [6.07, 6.45) is 13.4. The van der Waals surface area contributed by atoms with Gasteiger partial charge in [0.05, 0.1) is 0 Å². The molecule has 0 atom stereocenters. The second kappa shape index (κ2) is 26.9. The van der Waals surface area contributed by atoms with E-state index in [1.807, 2.05) is 0 Å². The predicted molar refractivity (Wildman–Crippen MR) is 448 cm³/mol. The first-order chi connectivity index (χ1) is 50.8. The van der Waals surface area contributed by atoms with Crippen LogP contribution in [0.4, 0.5) is 34.1 Å². The minimum atomic E-state index is 0.826. The monoisotopic (exact) mass is 1320 g/mol. The number of nitrogens with zero attached hydrogens (tertiary/aromatic N) is 4. The molecule has 0 aromatic heterocycles. The number of hydrogen-bond donors (Lipinski definition) is 0. The zero-order valence-corrected chi connectivity index (χ0v) is 58.4. The lowest BCUT2D eigenvalue weighted by molar-refractivity contribution is 0.836. The molecule has 0 aliphatic heterocycles. The summed E-state index contributed by atoms with van der Waals surface area (Å²) in [6.45, 7) is 11.9. The topological polar surface area (TPSA) is 13.0 Å². The molecule has 494 valence electrons. The van der Waals surface area contributed by atoms with E-state index in [0.717, 1.165) is 73.0 Å². The molecule has 0 radical (unpaired) electrons. The molecule has 103 heavy (non-hydrogen) atoms. The zero-order valence-electron chi connectivity index (χ0n) is 58.4. The van der Waals surface area contributed by atoms with Crippen molar-refractivity contribution >= 4 is 168 Å². The van der Waals surface area contributed by atoms with Gasteiger partial charge in [0.25, 0.3) is 0 Å². The largest absolute Gasteiger partial charge is 0.367 e. The van der Waals surface area contributed by atoms with E-state index in [1.165, 1.54) is 147 Å². The average Bonchev–Trinajstić information content (AvgIpc) is 0.752. The number of rotatable bonds is 21. The van der Waals surface area contributed by atoms with Crippen LogP contribution in [-0.2, 0) is 19.6 Å². The fourth-order valence-corrected chi connectivity index (χ4v) is 16.3. The van der Waals surface area contributed by atoms with Crippen LogP contribution in [-0.4, -0.2) is 19.6 Å². The van der Waals surface area contributed by atoms with Crippen LogP contribution < -0.4 is 19.6 Å². The highest BCUT2D eigenvalue weighted by Gasteiger charge is 2.19. The average molecular weight is 1320 g/mol. The minimum Gasteiger partial charge on any atom is -0.367 e. The van der Waals surface area contributed by atoms with Crippen LogP contribution in [0.5, 0.6) is 0 Å². The van der Waals surface area contributed by atoms with Crippen LogP contribution in [0.1, 0.15) is 70.8 Å². The van der Waals surface area contributed by atoms with Crippen LogP contribution >= 0.6 is 0 Å². The van der Waals surface area contributed by atoms with E-state index in [1.54, 1.807) is 0 Å². The molecular formula is C99H78N4. The maximum absolute atomic E-state index is 2.49. The zero-order chi connectivity index (χ0) is 68.9. The molecule has 0 fully saturated rings. The predicted octanol–water partition coefficient (Wildman–Crippen LogP) is 26.4. The van der Waals surface area contributed by atoms with E-state index >= 15 is 0 Å². The van der Waals surface area contributed by atoms with Gasteiger partial charge in [-0.05, 0) is 241 Å². The SMILES string of the molecule is CCN(Cc1ccc2ccc3cccc4ccc1c2c34)c1cccc(C=Cc2ccc(N(c3ccc(C=Cc4cccc(N(CC)Cc5ccc6ccc7cccc8ccc5c6c78)c4)cc3)c3ccc(C=Cc4cccc(N(CC)Cc5ccc6ccc7cccc8ccc5c6c78)c4)cc3)cc2)c1. The van der Waals surface area contributed by atoms with E-state index in [4.69, 9.17) is 0 Å². The first kappa shape index (κ1) is 62.7. The molecule has 4 nitrogen and oxygen atoms in total. The summed E-state index contributed by atoms with van der Waals surface area (Å²) < 4.78 is 0. The van der Waals surface area contributed by atoms with E-state index in [2.05, 4.69) is 386 Å². The van der Waals surface area contributed by atoms with Gasteiger partial charge in [0.2, 0.25) is 0 Å². The molecule has 18 aromatic carbocycles. The molecular weight excluding hydrogens is 1250 g/mol. The summed E-state index contributed by atoms with van der Waals surface area (Å²) in [5, 5.41) is 23.9. The summed E-state index contributed by atoms with van der Waals surface area (Å²) in [6, 6.07) is 115. The van der Waals surface area contributed by atoms with Crippen molar-refractivity contribution in [2.75, 3.05) is 39.2 Å². The van der Waals surface area contributed by atoms with E-state index in [0.29, 0.717) is 0 Å². The molecule has 0 N–H and O–H groups in total. The second-order valence-electron chi connectivity index (χ2n) is 27.7. The summed E-state index contributed by atoms with van der Waals surface area (Å²) in [4.78, 5) is 9.84. The quantitative estimate of drug-likeness (QED) is 0.0525. The van der Waals surface area contributed by atoms with Gasteiger partial charge in [-0.15, -0.1) is 0 Å². The normalized spacial score (nSPS) is 12.1. The Morgan fingerprint density at radius 3 is 0.709 bits per heavy atom. The molecule has 0 heterocycles. The lowest BCUT2D eigenvalue weighted by atomic mass is 9.92. The fraction of sp³-hybridized carbons (Fsp3) is 0.0909. The van der Waals surface area contributed by atoms with Crippen molar-refractivity contribution in [1.82, 2.24) is 0 Å². The Kier molecular flexibility index (Phi) is 16.4. The summed E-state index contributed by atoms with van der Waals surface area (Å²) in [5.41, 5.74) is 17.8. The van der Waals surface area contributed by atoms with E-state index < -0.39 is 0 Å². The maximum Gasteiger partial charge on any atom is 0.0462 e. The molecule has 0 aliphatic carbocycles. The first-order valence-corrected chi connectivity index (χ1v) is 36.5. The van der Waals surface area contributed by atoms with Crippen LogP contribution in [0, 0.1) is 0 Å². The van der Waals surface area contributed by atoms with Gasteiger partial charge in [0.15, 0.2) is 0 Å². The van der Waals surface area contributed by atoms with Gasteiger partial charge in [-0.2, -0.15) is 0 Å². The van der Waals surface area contributed by atoms with Crippen LogP contribution in [0.2, 0.25) is 0 Å². The lowest BCUT2D eigenvalue weighted by Gasteiger charge is -2.26. The van der Waals surface area contributed by atoms with Crippen molar-refractivity contribution < 1.29 is 0 Å². The third-order valence-electron chi connectivity index (χ3n) is 21.7. The molecule has 0 saturated heterocycles. The molecule has 0 aliphatic rings. The Balaban J connectivity index is 0.603. The van der Waals surface area contributed by atoms with Gasteiger partial charge in [-0.3, -0.25) is 0 Å². The standard InChI is InChI=1S/C99H78N4/c1-4-100(64-82-46-43-79-40-37-73-16-10-19-76-49-58-91(82)97(79)94(73)76)88-22-7-13-70(61-88)28-25-67-31-52-85(53-32-67)103(86-54-33-68(34-55-86)26-29-71-14-8-23-89(62-71)101(5-2)65-83-47-44-80-41-38-74-17-11-20-77-50-59-92(83)98(80)95(74)77)87-56-35-69(36-57-87)27-30-72-15-9-24-90(63-72)102(6-3)66-84-48-45-81-42-39-75-18-12-21-78-51-60-93(84)99(81)96(75)78/h7-63H,4-6,64-66H2,1-3H3. The summed E-state index contributed by atoms with van der Waals surface area (Å²) >= 11 is 0. The summed E-state index contributed by atoms with van der Waals surface area (Å²) in [5.74, 6) is 0. The van der Waals surface area contributed by atoms with Crippen molar-refractivity contribution in [3.8, 4) is 0 Å². The Labute approximate surface area is 602 Å². The Morgan fingerprint density at radius 1 is 0.204 bits per heavy atom.